The Bertz CT molecular complexity index is 966. The van der Waals surface area contributed by atoms with Gasteiger partial charge in [-0.25, -0.2) is 4.79 Å². The molecule has 8 nitrogen and oxygen atoms in total. The maximum atomic E-state index is 12.4. The fourth-order valence-electron chi connectivity index (χ4n) is 2.55. The molecule has 31 heavy (non-hydrogen) atoms. The number of nitrogens with one attached hydrogen (secondary N) is 3. The van der Waals surface area contributed by atoms with Gasteiger partial charge in [0.25, 0.3) is 11.8 Å². The Hall–Kier alpha value is -3.55. The zero-order chi connectivity index (χ0) is 23.2. The molecular weight excluding hydrogens is 398 g/mol. The standard InChI is InChI=1S/C23H29N3O5/c1-14-9-7-12-19(15(14)2)30-16(3)20(27)25-26-21(28)17-10-8-11-18(13-17)24-22(29)31-23(4,5)6/h7-13,16H,1-6H3,(H,24,29)(H,25,27)(H,26,28)/t16-/m0/s1. The second-order valence-electron chi connectivity index (χ2n) is 8.11. The number of carbonyl (C=O) groups excluding carboxylic acids is 3. The van der Waals surface area contributed by atoms with Crippen molar-refractivity contribution in [1.29, 1.82) is 0 Å². The lowest BCUT2D eigenvalue weighted by atomic mass is 10.1. The highest BCUT2D eigenvalue weighted by molar-refractivity contribution is 5.97. The number of ether oxygens (including phenoxy) is 2. The van der Waals surface area contributed by atoms with E-state index in [1.165, 1.54) is 6.07 Å². The highest BCUT2D eigenvalue weighted by Crippen LogP contribution is 2.21. The summed E-state index contributed by atoms with van der Waals surface area (Å²) < 4.78 is 10.9. The fraction of sp³-hybridized carbons (Fsp3) is 0.348. The minimum atomic E-state index is -0.819. The van der Waals surface area contributed by atoms with Gasteiger partial charge in [0, 0.05) is 11.3 Å². The number of rotatable bonds is 5. The van der Waals surface area contributed by atoms with Gasteiger partial charge in [-0.1, -0.05) is 18.2 Å². The van der Waals surface area contributed by atoms with E-state index in [4.69, 9.17) is 9.47 Å². The van der Waals surface area contributed by atoms with Gasteiger partial charge < -0.3 is 9.47 Å². The van der Waals surface area contributed by atoms with E-state index in [0.29, 0.717) is 11.4 Å². The minimum absolute atomic E-state index is 0.247. The molecule has 166 valence electrons. The molecule has 2 aromatic rings. The number of hydrazine groups is 1. The van der Waals surface area contributed by atoms with Gasteiger partial charge in [0.2, 0.25) is 0 Å². The second kappa shape index (κ2) is 9.97. The molecule has 0 saturated carbocycles. The normalized spacial score (nSPS) is 11.8. The van der Waals surface area contributed by atoms with E-state index in [0.717, 1.165) is 11.1 Å². The Morgan fingerprint density at radius 3 is 2.32 bits per heavy atom. The largest absolute Gasteiger partial charge is 0.481 e. The minimum Gasteiger partial charge on any atom is -0.481 e. The third-order valence-corrected chi connectivity index (χ3v) is 4.30. The maximum Gasteiger partial charge on any atom is 0.412 e. The third kappa shape index (κ3) is 7.33. The number of aryl methyl sites for hydroxylation is 1. The monoisotopic (exact) mass is 427 g/mol. The van der Waals surface area contributed by atoms with Crippen LogP contribution in [-0.2, 0) is 9.53 Å². The Morgan fingerprint density at radius 2 is 1.65 bits per heavy atom. The van der Waals surface area contributed by atoms with Gasteiger partial charge in [-0.2, -0.15) is 0 Å². The first kappa shape index (κ1) is 23.7. The van der Waals surface area contributed by atoms with Gasteiger partial charge in [0.05, 0.1) is 0 Å². The van der Waals surface area contributed by atoms with Crippen molar-refractivity contribution in [3.63, 3.8) is 0 Å². The van der Waals surface area contributed by atoms with Gasteiger partial charge in [-0.15, -0.1) is 0 Å². The van der Waals surface area contributed by atoms with Crippen LogP contribution in [0.15, 0.2) is 42.5 Å². The number of carbonyl (C=O) groups is 3. The molecule has 0 heterocycles. The summed E-state index contributed by atoms with van der Waals surface area (Å²) in [7, 11) is 0. The first-order valence-corrected chi connectivity index (χ1v) is 9.89. The van der Waals surface area contributed by atoms with Crippen LogP contribution in [0.2, 0.25) is 0 Å². The first-order chi connectivity index (χ1) is 14.5. The number of amides is 3. The predicted octanol–water partition coefficient (Wildman–Crippen LogP) is 3.88. The molecule has 3 N–H and O–H groups in total. The molecule has 3 amide bonds. The van der Waals surface area contributed by atoms with Crippen molar-refractivity contribution >= 4 is 23.6 Å². The molecule has 0 radical (unpaired) electrons. The summed E-state index contributed by atoms with van der Waals surface area (Å²) in [5.74, 6) is -0.438. The lowest BCUT2D eigenvalue weighted by Gasteiger charge is -2.19. The highest BCUT2D eigenvalue weighted by atomic mass is 16.6. The van der Waals surface area contributed by atoms with E-state index in [1.807, 2.05) is 26.0 Å². The molecule has 2 rings (SSSR count). The van der Waals surface area contributed by atoms with Gasteiger partial charge in [0.15, 0.2) is 6.10 Å². The Kier molecular flexibility index (Phi) is 7.63. The second-order valence-corrected chi connectivity index (χ2v) is 8.11. The Labute approximate surface area is 182 Å². The quantitative estimate of drug-likeness (QED) is 0.628. The summed E-state index contributed by atoms with van der Waals surface area (Å²) in [6.45, 7) is 10.7. The summed E-state index contributed by atoms with van der Waals surface area (Å²) in [4.78, 5) is 36.6. The summed E-state index contributed by atoms with van der Waals surface area (Å²) in [5, 5.41) is 2.57. The summed E-state index contributed by atoms with van der Waals surface area (Å²) in [6, 6.07) is 11.9. The molecule has 0 aliphatic heterocycles. The summed E-state index contributed by atoms with van der Waals surface area (Å²) in [6.07, 6.45) is -1.45. The van der Waals surface area contributed by atoms with Crippen LogP contribution in [0.1, 0.15) is 49.2 Å². The molecule has 2 aromatic carbocycles. The molecule has 0 aliphatic carbocycles. The van der Waals surface area contributed by atoms with E-state index in [9.17, 15) is 14.4 Å². The van der Waals surface area contributed by atoms with Crippen LogP contribution in [0.5, 0.6) is 5.75 Å². The zero-order valence-electron chi connectivity index (χ0n) is 18.7. The van der Waals surface area contributed by atoms with E-state index in [1.54, 1.807) is 52.0 Å². The van der Waals surface area contributed by atoms with Crippen LogP contribution < -0.4 is 20.9 Å². The molecule has 1 atom stereocenters. The predicted molar refractivity (Wildman–Crippen MR) is 118 cm³/mol. The number of benzene rings is 2. The number of anilines is 1. The van der Waals surface area contributed by atoms with Crippen LogP contribution in [0.25, 0.3) is 0 Å². The topological polar surface area (TPSA) is 106 Å². The van der Waals surface area contributed by atoms with Gasteiger partial charge >= 0.3 is 6.09 Å². The Morgan fingerprint density at radius 1 is 0.968 bits per heavy atom. The molecular formula is C23H29N3O5. The molecule has 0 fully saturated rings. The average molecular weight is 428 g/mol. The number of hydrogen-bond donors (Lipinski definition) is 3. The van der Waals surface area contributed by atoms with Gasteiger partial charge in [-0.3, -0.25) is 25.8 Å². The van der Waals surface area contributed by atoms with Crippen molar-refractivity contribution in [3.8, 4) is 5.75 Å². The molecule has 0 aliphatic rings. The maximum absolute atomic E-state index is 12.4. The highest BCUT2D eigenvalue weighted by Gasteiger charge is 2.18. The van der Waals surface area contributed by atoms with Crippen molar-refractivity contribution in [3.05, 3.63) is 59.2 Å². The molecule has 0 bridgehead atoms. The van der Waals surface area contributed by atoms with Crippen LogP contribution in [0.4, 0.5) is 10.5 Å². The average Bonchev–Trinajstić information content (AvgIpc) is 2.68. The third-order valence-electron chi connectivity index (χ3n) is 4.30. The smallest absolute Gasteiger partial charge is 0.412 e. The molecule has 0 spiro atoms. The van der Waals surface area contributed by atoms with Crippen molar-refractivity contribution in [2.45, 2.75) is 53.2 Å². The van der Waals surface area contributed by atoms with E-state index in [2.05, 4.69) is 16.2 Å². The summed E-state index contributed by atoms with van der Waals surface area (Å²) >= 11 is 0. The van der Waals surface area contributed by atoms with Crippen molar-refractivity contribution in [2.24, 2.45) is 0 Å². The van der Waals surface area contributed by atoms with Crippen LogP contribution in [-0.4, -0.2) is 29.6 Å². The van der Waals surface area contributed by atoms with Crippen molar-refractivity contribution < 1.29 is 23.9 Å². The molecule has 0 aromatic heterocycles. The lowest BCUT2D eigenvalue weighted by Crippen LogP contribution is -2.47. The molecule has 0 unspecified atom stereocenters. The number of hydrogen-bond acceptors (Lipinski definition) is 5. The molecule has 8 heteroatoms. The SMILES string of the molecule is Cc1cccc(O[C@@H](C)C(=O)NNC(=O)c2cccc(NC(=O)OC(C)(C)C)c2)c1C. The Balaban J connectivity index is 1.92. The van der Waals surface area contributed by atoms with Gasteiger partial charge in [0.1, 0.15) is 11.4 Å². The van der Waals surface area contributed by atoms with Crippen LogP contribution in [0.3, 0.4) is 0 Å². The van der Waals surface area contributed by atoms with Crippen LogP contribution >= 0.6 is 0 Å². The summed E-state index contributed by atoms with van der Waals surface area (Å²) in [5.41, 5.74) is 6.69. The van der Waals surface area contributed by atoms with Crippen LogP contribution in [0, 0.1) is 13.8 Å². The van der Waals surface area contributed by atoms with Crippen molar-refractivity contribution in [2.75, 3.05) is 5.32 Å². The van der Waals surface area contributed by atoms with E-state index >= 15 is 0 Å². The molecule has 0 saturated heterocycles. The zero-order valence-corrected chi connectivity index (χ0v) is 18.7. The fourth-order valence-corrected chi connectivity index (χ4v) is 2.55. The lowest BCUT2D eigenvalue weighted by molar-refractivity contribution is -0.128. The van der Waals surface area contributed by atoms with Crippen molar-refractivity contribution in [1.82, 2.24) is 10.9 Å². The van der Waals surface area contributed by atoms with E-state index in [-0.39, 0.29) is 5.56 Å². The first-order valence-electron chi connectivity index (χ1n) is 9.89. The van der Waals surface area contributed by atoms with E-state index < -0.39 is 29.6 Å². The van der Waals surface area contributed by atoms with Gasteiger partial charge in [-0.05, 0) is 76.9 Å².